The van der Waals surface area contributed by atoms with Gasteiger partial charge in [0.05, 0.1) is 0 Å². The molecule has 1 unspecified atom stereocenters. The molecule has 0 fully saturated rings. The second-order valence-corrected chi connectivity index (χ2v) is 6.39. The lowest BCUT2D eigenvalue weighted by Gasteiger charge is -2.12. The molecule has 102 valence electrons. The van der Waals surface area contributed by atoms with Crippen molar-refractivity contribution in [3.8, 4) is 0 Å². The highest BCUT2D eigenvalue weighted by molar-refractivity contribution is 7.09. The van der Waals surface area contributed by atoms with Crippen molar-refractivity contribution in [1.29, 1.82) is 0 Å². The summed E-state index contributed by atoms with van der Waals surface area (Å²) in [5.41, 5.74) is 10.3. The Labute approximate surface area is 120 Å². The third-order valence-electron chi connectivity index (χ3n) is 3.65. The van der Waals surface area contributed by atoms with Crippen LogP contribution in [-0.4, -0.2) is 6.04 Å². The van der Waals surface area contributed by atoms with Gasteiger partial charge in [-0.1, -0.05) is 24.3 Å². The van der Waals surface area contributed by atoms with Crippen LogP contribution in [0, 0.1) is 13.8 Å². The zero-order valence-corrected chi connectivity index (χ0v) is 12.7. The molecule has 1 heterocycles. The molecule has 2 heteroatoms. The van der Waals surface area contributed by atoms with E-state index in [0.717, 1.165) is 19.3 Å². The van der Waals surface area contributed by atoms with Gasteiger partial charge in [0, 0.05) is 10.9 Å². The lowest BCUT2D eigenvalue weighted by molar-refractivity contribution is 0.581. The third-order valence-corrected chi connectivity index (χ3v) is 4.58. The van der Waals surface area contributed by atoms with Gasteiger partial charge in [-0.3, -0.25) is 0 Å². The maximum atomic E-state index is 6.24. The minimum Gasteiger partial charge on any atom is -0.327 e. The first kappa shape index (κ1) is 14.3. The second kappa shape index (κ2) is 6.88. The molecule has 1 atom stereocenters. The fraction of sp³-hybridized carbons (Fsp3) is 0.412. The summed E-state index contributed by atoms with van der Waals surface area (Å²) in [5.74, 6) is 0. The normalized spacial score (nSPS) is 12.6. The molecular weight excluding hydrogens is 250 g/mol. The molecule has 2 N–H and O–H groups in total. The maximum absolute atomic E-state index is 6.24. The first-order chi connectivity index (χ1) is 9.15. The van der Waals surface area contributed by atoms with Crippen molar-refractivity contribution < 1.29 is 0 Å². The lowest BCUT2D eigenvalue weighted by Crippen LogP contribution is -2.22. The van der Waals surface area contributed by atoms with Gasteiger partial charge in [0.1, 0.15) is 0 Å². The first-order valence-electron chi connectivity index (χ1n) is 6.99. The average molecular weight is 273 g/mol. The molecule has 1 aromatic heterocycles. The van der Waals surface area contributed by atoms with Crippen molar-refractivity contribution in [2.45, 2.75) is 45.6 Å². The van der Waals surface area contributed by atoms with Gasteiger partial charge in [-0.25, -0.2) is 0 Å². The van der Waals surface area contributed by atoms with E-state index < -0.39 is 0 Å². The van der Waals surface area contributed by atoms with Crippen molar-refractivity contribution in [2.75, 3.05) is 0 Å². The summed E-state index contributed by atoms with van der Waals surface area (Å²) >= 11 is 1.84. The van der Waals surface area contributed by atoms with Gasteiger partial charge < -0.3 is 5.73 Å². The Morgan fingerprint density at radius 2 is 2.00 bits per heavy atom. The zero-order chi connectivity index (χ0) is 13.7. The zero-order valence-electron chi connectivity index (χ0n) is 11.9. The van der Waals surface area contributed by atoms with Crippen molar-refractivity contribution in [3.63, 3.8) is 0 Å². The van der Waals surface area contributed by atoms with Crippen LogP contribution in [-0.2, 0) is 12.8 Å². The first-order valence-corrected chi connectivity index (χ1v) is 7.87. The predicted molar refractivity (Wildman–Crippen MR) is 84.9 cm³/mol. The predicted octanol–water partition coefficient (Wildman–Crippen LogP) is 4.26. The molecule has 0 amide bonds. The van der Waals surface area contributed by atoms with E-state index in [1.165, 1.54) is 28.0 Å². The minimum absolute atomic E-state index is 0.280. The van der Waals surface area contributed by atoms with Crippen LogP contribution in [0.25, 0.3) is 0 Å². The van der Waals surface area contributed by atoms with Crippen LogP contribution in [0.15, 0.2) is 35.7 Å². The maximum Gasteiger partial charge on any atom is 0.00794 e. The number of thiophene rings is 1. The summed E-state index contributed by atoms with van der Waals surface area (Å²) in [6.07, 6.45) is 4.45. The SMILES string of the molecule is Cc1ccc(CC(N)CCCc2cccs2)cc1C. The number of hydrogen-bond acceptors (Lipinski definition) is 2. The second-order valence-electron chi connectivity index (χ2n) is 5.35. The Morgan fingerprint density at radius 1 is 1.16 bits per heavy atom. The van der Waals surface area contributed by atoms with Crippen LogP contribution in [0.2, 0.25) is 0 Å². The molecule has 1 aromatic carbocycles. The molecule has 0 spiro atoms. The Balaban J connectivity index is 1.77. The highest BCUT2D eigenvalue weighted by atomic mass is 32.1. The van der Waals surface area contributed by atoms with E-state index in [0.29, 0.717) is 0 Å². The number of nitrogens with two attached hydrogens (primary N) is 1. The van der Waals surface area contributed by atoms with Gasteiger partial charge >= 0.3 is 0 Å². The Bertz CT molecular complexity index is 502. The van der Waals surface area contributed by atoms with Crippen LogP contribution < -0.4 is 5.73 Å². The molecule has 0 aliphatic heterocycles. The summed E-state index contributed by atoms with van der Waals surface area (Å²) in [4.78, 5) is 1.47. The quantitative estimate of drug-likeness (QED) is 0.836. The number of benzene rings is 1. The van der Waals surface area contributed by atoms with Crippen LogP contribution in [0.5, 0.6) is 0 Å². The standard InChI is InChI=1S/C17H23NS/c1-13-8-9-15(11-14(13)2)12-16(18)5-3-6-17-7-4-10-19-17/h4,7-11,16H,3,5-6,12,18H2,1-2H3. The van der Waals surface area contributed by atoms with Gasteiger partial charge in [0.25, 0.3) is 0 Å². The topological polar surface area (TPSA) is 26.0 Å². The molecule has 2 rings (SSSR count). The summed E-state index contributed by atoms with van der Waals surface area (Å²) in [6, 6.07) is 11.3. The van der Waals surface area contributed by atoms with Crippen LogP contribution in [0.1, 0.15) is 34.4 Å². The van der Waals surface area contributed by atoms with E-state index in [4.69, 9.17) is 5.73 Å². The minimum atomic E-state index is 0.280. The number of rotatable bonds is 6. The largest absolute Gasteiger partial charge is 0.327 e. The van der Waals surface area contributed by atoms with E-state index in [2.05, 4.69) is 49.6 Å². The monoisotopic (exact) mass is 273 g/mol. The smallest absolute Gasteiger partial charge is 0.00794 e. The molecule has 1 nitrogen and oxygen atoms in total. The molecule has 0 saturated carbocycles. The van der Waals surface area contributed by atoms with E-state index in [-0.39, 0.29) is 6.04 Å². The molecule has 0 aliphatic carbocycles. The Morgan fingerprint density at radius 3 is 2.68 bits per heavy atom. The summed E-state index contributed by atoms with van der Waals surface area (Å²) < 4.78 is 0. The highest BCUT2D eigenvalue weighted by Gasteiger charge is 2.05. The molecule has 0 bridgehead atoms. The average Bonchev–Trinajstić information content (AvgIpc) is 2.87. The van der Waals surface area contributed by atoms with Gasteiger partial charge in [0.2, 0.25) is 0 Å². The van der Waals surface area contributed by atoms with E-state index in [9.17, 15) is 0 Å². The lowest BCUT2D eigenvalue weighted by atomic mass is 9.98. The van der Waals surface area contributed by atoms with Gasteiger partial charge in [-0.15, -0.1) is 11.3 Å². The highest BCUT2D eigenvalue weighted by Crippen LogP contribution is 2.15. The fourth-order valence-corrected chi connectivity index (χ4v) is 3.08. The van der Waals surface area contributed by atoms with Gasteiger partial charge in [-0.2, -0.15) is 0 Å². The van der Waals surface area contributed by atoms with Gasteiger partial charge in [-0.05, 0) is 67.7 Å². The number of aryl methyl sites for hydroxylation is 3. The van der Waals surface area contributed by atoms with E-state index in [1.54, 1.807) is 0 Å². The van der Waals surface area contributed by atoms with E-state index in [1.807, 2.05) is 11.3 Å². The summed E-state index contributed by atoms with van der Waals surface area (Å²) in [6.45, 7) is 4.32. The van der Waals surface area contributed by atoms with Crippen molar-refractivity contribution in [2.24, 2.45) is 5.73 Å². The Kier molecular flexibility index (Phi) is 5.17. The van der Waals surface area contributed by atoms with Gasteiger partial charge in [0.15, 0.2) is 0 Å². The molecule has 0 saturated heterocycles. The summed E-state index contributed by atoms with van der Waals surface area (Å²) in [5, 5.41) is 2.14. The fourth-order valence-electron chi connectivity index (χ4n) is 2.33. The Hall–Kier alpha value is -1.12. The molecule has 0 aliphatic rings. The van der Waals surface area contributed by atoms with Crippen molar-refractivity contribution in [1.82, 2.24) is 0 Å². The molecule has 0 radical (unpaired) electrons. The van der Waals surface area contributed by atoms with Crippen LogP contribution in [0.3, 0.4) is 0 Å². The summed E-state index contributed by atoms with van der Waals surface area (Å²) in [7, 11) is 0. The third kappa shape index (κ3) is 4.48. The molecule has 2 aromatic rings. The van der Waals surface area contributed by atoms with Crippen LogP contribution in [0.4, 0.5) is 0 Å². The van der Waals surface area contributed by atoms with E-state index >= 15 is 0 Å². The van der Waals surface area contributed by atoms with Crippen LogP contribution >= 0.6 is 11.3 Å². The van der Waals surface area contributed by atoms with Crippen molar-refractivity contribution >= 4 is 11.3 Å². The van der Waals surface area contributed by atoms with Crippen molar-refractivity contribution in [3.05, 3.63) is 57.3 Å². The molecule has 19 heavy (non-hydrogen) atoms. The number of hydrogen-bond donors (Lipinski definition) is 1. The molecular formula is C17H23NS.